The van der Waals surface area contributed by atoms with Crippen LogP contribution in [-0.2, 0) is 11.4 Å². The molecule has 0 bridgehead atoms. The fourth-order valence-corrected chi connectivity index (χ4v) is 3.24. The predicted octanol–water partition coefficient (Wildman–Crippen LogP) is 4.62. The van der Waals surface area contributed by atoms with Crippen molar-refractivity contribution in [1.29, 1.82) is 5.26 Å². The van der Waals surface area contributed by atoms with E-state index in [-0.39, 0.29) is 11.6 Å². The minimum atomic E-state index is -0.397. The van der Waals surface area contributed by atoms with Crippen molar-refractivity contribution in [2.75, 3.05) is 7.11 Å². The van der Waals surface area contributed by atoms with Crippen LogP contribution in [-0.4, -0.2) is 19.1 Å². The minimum absolute atomic E-state index is 0.0416. The summed E-state index contributed by atoms with van der Waals surface area (Å²) in [7, 11) is 1.56. The summed E-state index contributed by atoms with van der Waals surface area (Å²) in [6.07, 6.45) is 1.55. The fraction of sp³-hybridized carbons (Fsp3) is 0.273. The highest BCUT2D eigenvalue weighted by Gasteiger charge is 2.14. The molecule has 2 aromatic carbocycles. The normalized spacial score (nSPS) is 11.1. The smallest absolute Gasteiger partial charge is 0.262 e. The van der Waals surface area contributed by atoms with E-state index in [1.165, 1.54) is 5.56 Å². The summed E-state index contributed by atoms with van der Waals surface area (Å²) in [5.74, 6) is 0.781. The molecule has 0 aliphatic carbocycles. The Labute approximate surface area is 179 Å². The Bertz CT molecular complexity index is 913. The summed E-state index contributed by atoms with van der Waals surface area (Å²) in [6.45, 7) is 6.15. The molecule has 0 radical (unpaired) electrons. The first-order valence-electron chi connectivity index (χ1n) is 8.82. The highest BCUT2D eigenvalue weighted by molar-refractivity contribution is 14.1. The molecule has 1 amide bonds. The maximum absolute atomic E-state index is 12.1. The number of nitriles is 1. The molecule has 0 saturated carbocycles. The molecule has 0 heterocycles. The molecule has 1 N–H and O–H groups in total. The molecule has 0 atom stereocenters. The third kappa shape index (κ3) is 5.99. The van der Waals surface area contributed by atoms with E-state index < -0.39 is 5.91 Å². The molecule has 6 heteroatoms. The number of hydrogen-bond acceptors (Lipinski definition) is 4. The Morgan fingerprint density at radius 1 is 1.29 bits per heavy atom. The summed E-state index contributed by atoms with van der Waals surface area (Å²) in [5, 5.41) is 12.0. The van der Waals surface area contributed by atoms with Gasteiger partial charge in [-0.3, -0.25) is 4.79 Å². The number of ether oxygens (including phenoxy) is 2. The average molecular weight is 490 g/mol. The Balaban J connectivity index is 2.27. The Morgan fingerprint density at radius 2 is 1.96 bits per heavy atom. The van der Waals surface area contributed by atoms with Crippen LogP contribution in [0.15, 0.2) is 42.0 Å². The van der Waals surface area contributed by atoms with Gasteiger partial charge in [-0.25, -0.2) is 0 Å². The van der Waals surface area contributed by atoms with Crippen LogP contribution in [0.1, 0.15) is 30.5 Å². The highest BCUT2D eigenvalue weighted by atomic mass is 127. The molecule has 0 fully saturated rings. The molecule has 2 aromatic rings. The number of rotatable bonds is 7. The lowest BCUT2D eigenvalue weighted by atomic mass is 10.1. The van der Waals surface area contributed by atoms with Crippen molar-refractivity contribution in [1.82, 2.24) is 5.32 Å². The van der Waals surface area contributed by atoms with Gasteiger partial charge in [0.1, 0.15) is 18.2 Å². The zero-order chi connectivity index (χ0) is 20.7. The molecule has 28 heavy (non-hydrogen) atoms. The van der Waals surface area contributed by atoms with E-state index in [9.17, 15) is 10.1 Å². The number of carbonyl (C=O) groups excluding carboxylic acids is 1. The van der Waals surface area contributed by atoms with Crippen LogP contribution in [0.4, 0.5) is 0 Å². The lowest BCUT2D eigenvalue weighted by Gasteiger charge is -2.14. The van der Waals surface area contributed by atoms with E-state index in [0.717, 1.165) is 9.13 Å². The molecule has 5 nitrogen and oxygen atoms in total. The lowest BCUT2D eigenvalue weighted by molar-refractivity contribution is -0.117. The van der Waals surface area contributed by atoms with Crippen molar-refractivity contribution in [2.24, 2.45) is 0 Å². The van der Waals surface area contributed by atoms with Crippen molar-refractivity contribution in [2.45, 2.75) is 33.4 Å². The van der Waals surface area contributed by atoms with Crippen LogP contribution in [0.5, 0.6) is 11.5 Å². The third-order valence-electron chi connectivity index (χ3n) is 3.85. The second-order valence-electron chi connectivity index (χ2n) is 6.61. The van der Waals surface area contributed by atoms with Crippen LogP contribution in [0.3, 0.4) is 0 Å². The third-order valence-corrected chi connectivity index (χ3v) is 4.65. The van der Waals surface area contributed by atoms with E-state index in [1.807, 2.05) is 57.2 Å². The number of amides is 1. The standard InChI is InChI=1S/C22H23IN2O3/c1-14(2)25-22(26)18(12-24)9-17-10-19(23)21(20(11-17)27-4)28-13-16-7-5-15(3)6-8-16/h5-11,14H,13H2,1-4H3,(H,25,26)/b18-9-. The second kappa shape index (κ2) is 10.1. The van der Waals surface area contributed by atoms with Crippen LogP contribution < -0.4 is 14.8 Å². The predicted molar refractivity (Wildman–Crippen MR) is 118 cm³/mol. The summed E-state index contributed by atoms with van der Waals surface area (Å²) in [4.78, 5) is 12.1. The van der Waals surface area contributed by atoms with E-state index in [2.05, 4.69) is 27.9 Å². The topological polar surface area (TPSA) is 71.3 Å². The van der Waals surface area contributed by atoms with Gasteiger partial charge in [-0.05, 0) is 72.7 Å². The number of hydrogen-bond donors (Lipinski definition) is 1. The van der Waals surface area contributed by atoms with Gasteiger partial charge in [0.15, 0.2) is 11.5 Å². The molecule has 0 aliphatic heterocycles. The summed E-state index contributed by atoms with van der Waals surface area (Å²) < 4.78 is 12.3. The number of carbonyl (C=O) groups is 1. The number of benzene rings is 2. The maximum Gasteiger partial charge on any atom is 0.262 e. The molecule has 0 unspecified atom stereocenters. The van der Waals surface area contributed by atoms with Gasteiger partial charge in [0.05, 0.1) is 10.7 Å². The molecular formula is C22H23IN2O3. The van der Waals surface area contributed by atoms with E-state index in [0.29, 0.717) is 23.7 Å². The number of nitrogens with one attached hydrogen (secondary N) is 1. The van der Waals surface area contributed by atoms with Gasteiger partial charge < -0.3 is 14.8 Å². The highest BCUT2D eigenvalue weighted by Crippen LogP contribution is 2.35. The summed E-state index contributed by atoms with van der Waals surface area (Å²) in [6, 6.07) is 13.7. The van der Waals surface area contributed by atoms with Crippen LogP contribution >= 0.6 is 22.6 Å². The Kier molecular flexibility index (Phi) is 7.88. The first-order chi connectivity index (χ1) is 13.3. The zero-order valence-electron chi connectivity index (χ0n) is 16.4. The molecule has 2 rings (SSSR count). The number of nitrogens with zero attached hydrogens (tertiary/aromatic N) is 1. The van der Waals surface area contributed by atoms with E-state index in [1.54, 1.807) is 19.3 Å². The van der Waals surface area contributed by atoms with Crippen LogP contribution in [0, 0.1) is 21.8 Å². The van der Waals surface area contributed by atoms with Gasteiger partial charge in [-0.2, -0.15) is 5.26 Å². The van der Waals surface area contributed by atoms with Gasteiger partial charge in [0.25, 0.3) is 5.91 Å². The van der Waals surface area contributed by atoms with Crippen molar-refractivity contribution in [3.05, 3.63) is 62.2 Å². The van der Waals surface area contributed by atoms with Gasteiger partial charge in [-0.15, -0.1) is 0 Å². The number of aryl methyl sites for hydroxylation is 1. The molecule has 0 aliphatic rings. The van der Waals surface area contributed by atoms with E-state index >= 15 is 0 Å². The van der Waals surface area contributed by atoms with Gasteiger partial charge >= 0.3 is 0 Å². The SMILES string of the molecule is COc1cc(/C=C(/C#N)C(=O)NC(C)C)cc(I)c1OCc1ccc(C)cc1. The number of halogens is 1. The Morgan fingerprint density at radius 3 is 2.54 bits per heavy atom. The van der Waals surface area contributed by atoms with Crippen molar-refractivity contribution in [3.8, 4) is 17.6 Å². The average Bonchev–Trinajstić information content (AvgIpc) is 2.65. The zero-order valence-corrected chi connectivity index (χ0v) is 18.5. The number of methoxy groups -OCH3 is 1. The van der Waals surface area contributed by atoms with Crippen molar-refractivity contribution in [3.63, 3.8) is 0 Å². The quantitative estimate of drug-likeness (QED) is 0.350. The maximum atomic E-state index is 12.1. The Hall–Kier alpha value is -2.53. The van der Waals surface area contributed by atoms with Crippen molar-refractivity contribution >= 4 is 34.6 Å². The molecule has 0 spiro atoms. The fourth-order valence-electron chi connectivity index (χ4n) is 2.46. The van der Waals surface area contributed by atoms with Gasteiger partial charge in [0.2, 0.25) is 0 Å². The van der Waals surface area contributed by atoms with Crippen LogP contribution in [0.25, 0.3) is 6.08 Å². The first kappa shape index (κ1) is 21.8. The summed E-state index contributed by atoms with van der Waals surface area (Å²) in [5.41, 5.74) is 2.99. The van der Waals surface area contributed by atoms with Crippen molar-refractivity contribution < 1.29 is 14.3 Å². The summed E-state index contributed by atoms with van der Waals surface area (Å²) >= 11 is 2.16. The minimum Gasteiger partial charge on any atom is -0.493 e. The molecule has 146 valence electrons. The molecular weight excluding hydrogens is 467 g/mol. The first-order valence-corrected chi connectivity index (χ1v) is 9.90. The lowest BCUT2D eigenvalue weighted by Crippen LogP contribution is -2.30. The van der Waals surface area contributed by atoms with Gasteiger partial charge in [-0.1, -0.05) is 29.8 Å². The monoisotopic (exact) mass is 490 g/mol. The largest absolute Gasteiger partial charge is 0.493 e. The van der Waals surface area contributed by atoms with E-state index in [4.69, 9.17) is 9.47 Å². The second-order valence-corrected chi connectivity index (χ2v) is 7.77. The molecule has 0 aromatic heterocycles. The van der Waals surface area contributed by atoms with Crippen LogP contribution in [0.2, 0.25) is 0 Å². The van der Waals surface area contributed by atoms with Gasteiger partial charge in [0, 0.05) is 6.04 Å². The molecule has 0 saturated heterocycles.